The number of rotatable bonds is 4. The molecular formula is C15H15BrN2O2. The summed E-state index contributed by atoms with van der Waals surface area (Å²) in [7, 11) is 0. The zero-order valence-corrected chi connectivity index (χ0v) is 12.8. The van der Waals surface area contributed by atoms with Crippen molar-refractivity contribution < 1.29 is 4.92 Å². The van der Waals surface area contributed by atoms with E-state index >= 15 is 0 Å². The van der Waals surface area contributed by atoms with Gasteiger partial charge in [0, 0.05) is 17.8 Å². The first kappa shape index (κ1) is 14.5. The lowest BCUT2D eigenvalue weighted by atomic mass is 10.0. The van der Waals surface area contributed by atoms with Gasteiger partial charge in [-0.15, -0.1) is 0 Å². The van der Waals surface area contributed by atoms with Gasteiger partial charge in [-0.05, 0) is 53.0 Å². The quantitative estimate of drug-likeness (QED) is 0.642. The number of aryl methyl sites for hydroxylation is 1. The molecule has 20 heavy (non-hydrogen) atoms. The summed E-state index contributed by atoms with van der Waals surface area (Å²) in [5, 5.41) is 14.2. The van der Waals surface area contributed by atoms with E-state index in [1.807, 2.05) is 25.1 Å². The summed E-state index contributed by atoms with van der Waals surface area (Å²) < 4.78 is 0.483. The number of halogens is 1. The van der Waals surface area contributed by atoms with Crippen LogP contribution >= 0.6 is 15.9 Å². The molecule has 0 fully saturated rings. The summed E-state index contributed by atoms with van der Waals surface area (Å²) >= 11 is 3.18. The van der Waals surface area contributed by atoms with Crippen LogP contribution in [0.15, 0.2) is 46.9 Å². The number of hydrogen-bond donors (Lipinski definition) is 1. The fourth-order valence-electron chi connectivity index (χ4n) is 2.14. The molecule has 0 aliphatic carbocycles. The number of nitro groups is 1. The van der Waals surface area contributed by atoms with Gasteiger partial charge in [0.15, 0.2) is 0 Å². The lowest BCUT2D eigenvalue weighted by Gasteiger charge is -2.17. The van der Waals surface area contributed by atoms with Gasteiger partial charge in [-0.2, -0.15) is 0 Å². The third-order valence-corrected chi connectivity index (χ3v) is 3.85. The van der Waals surface area contributed by atoms with Crippen molar-refractivity contribution in [2.45, 2.75) is 19.9 Å². The molecule has 2 aromatic carbocycles. The van der Waals surface area contributed by atoms with E-state index in [2.05, 4.69) is 40.3 Å². The minimum absolute atomic E-state index is 0.0620. The molecule has 0 aromatic heterocycles. The average Bonchev–Trinajstić information content (AvgIpc) is 2.41. The van der Waals surface area contributed by atoms with Gasteiger partial charge in [0.2, 0.25) is 0 Å². The van der Waals surface area contributed by atoms with E-state index in [4.69, 9.17) is 0 Å². The first-order valence-corrected chi connectivity index (χ1v) is 7.04. The SMILES string of the molecule is Cc1ccccc1C(C)Nc1ccc(Br)c([N+](=O)[O-])c1. The van der Waals surface area contributed by atoms with Crippen LogP contribution < -0.4 is 5.32 Å². The van der Waals surface area contributed by atoms with Crippen molar-refractivity contribution in [2.75, 3.05) is 5.32 Å². The Kier molecular flexibility index (Phi) is 4.39. The summed E-state index contributed by atoms with van der Waals surface area (Å²) in [5.74, 6) is 0. The molecule has 0 saturated carbocycles. The van der Waals surface area contributed by atoms with Crippen molar-refractivity contribution in [3.8, 4) is 0 Å². The van der Waals surface area contributed by atoms with Gasteiger partial charge in [-0.25, -0.2) is 0 Å². The van der Waals surface area contributed by atoms with Crippen LogP contribution in [0.5, 0.6) is 0 Å². The molecule has 0 amide bonds. The van der Waals surface area contributed by atoms with E-state index in [1.54, 1.807) is 12.1 Å². The first-order valence-electron chi connectivity index (χ1n) is 6.25. The zero-order chi connectivity index (χ0) is 14.7. The fraction of sp³-hybridized carbons (Fsp3) is 0.200. The molecule has 0 radical (unpaired) electrons. The molecule has 4 nitrogen and oxygen atoms in total. The van der Waals surface area contributed by atoms with Crippen LogP contribution in [0, 0.1) is 17.0 Å². The highest BCUT2D eigenvalue weighted by Gasteiger charge is 2.14. The summed E-state index contributed by atoms with van der Waals surface area (Å²) in [5.41, 5.74) is 3.17. The molecule has 0 spiro atoms. The summed E-state index contributed by atoms with van der Waals surface area (Å²) in [6.07, 6.45) is 0. The number of nitrogens with one attached hydrogen (secondary N) is 1. The molecule has 1 N–H and O–H groups in total. The standard InChI is InChI=1S/C15H15BrN2O2/c1-10-5-3-4-6-13(10)11(2)17-12-7-8-14(16)15(9-12)18(19)20/h3-9,11,17H,1-2H3. The number of anilines is 1. The maximum atomic E-state index is 10.9. The Hall–Kier alpha value is -1.88. The van der Waals surface area contributed by atoms with Gasteiger partial charge in [-0.1, -0.05) is 24.3 Å². The number of hydrogen-bond acceptors (Lipinski definition) is 3. The molecule has 5 heteroatoms. The van der Waals surface area contributed by atoms with Crippen molar-refractivity contribution in [3.05, 3.63) is 68.2 Å². The molecule has 0 heterocycles. The monoisotopic (exact) mass is 334 g/mol. The predicted molar refractivity (Wildman–Crippen MR) is 84.0 cm³/mol. The molecule has 2 rings (SSSR count). The second kappa shape index (κ2) is 6.05. The smallest absolute Gasteiger partial charge is 0.285 e. The highest BCUT2D eigenvalue weighted by molar-refractivity contribution is 9.10. The Morgan fingerprint density at radius 3 is 2.60 bits per heavy atom. The van der Waals surface area contributed by atoms with Crippen molar-refractivity contribution in [3.63, 3.8) is 0 Å². The average molecular weight is 335 g/mol. The molecule has 104 valence electrons. The van der Waals surface area contributed by atoms with Gasteiger partial charge in [0.1, 0.15) is 0 Å². The maximum Gasteiger partial charge on any atom is 0.285 e. The van der Waals surface area contributed by atoms with E-state index in [0.29, 0.717) is 4.47 Å². The van der Waals surface area contributed by atoms with E-state index < -0.39 is 4.92 Å². The number of nitrogens with zero attached hydrogens (tertiary/aromatic N) is 1. The highest BCUT2D eigenvalue weighted by atomic mass is 79.9. The van der Waals surface area contributed by atoms with E-state index in [-0.39, 0.29) is 11.7 Å². The molecule has 2 aromatic rings. The van der Waals surface area contributed by atoms with Gasteiger partial charge in [0.25, 0.3) is 5.69 Å². The number of benzene rings is 2. The van der Waals surface area contributed by atoms with Crippen LogP contribution in [0.1, 0.15) is 24.1 Å². The molecule has 0 bridgehead atoms. The third-order valence-electron chi connectivity index (χ3n) is 3.18. The van der Waals surface area contributed by atoms with Crippen molar-refractivity contribution in [1.82, 2.24) is 0 Å². The van der Waals surface area contributed by atoms with Crippen LogP contribution in [-0.2, 0) is 0 Å². The Balaban J connectivity index is 2.24. The Bertz CT molecular complexity index is 644. The Morgan fingerprint density at radius 2 is 1.95 bits per heavy atom. The Morgan fingerprint density at radius 1 is 1.25 bits per heavy atom. The van der Waals surface area contributed by atoms with E-state index in [1.165, 1.54) is 11.1 Å². The van der Waals surface area contributed by atoms with Crippen LogP contribution in [0.3, 0.4) is 0 Å². The van der Waals surface area contributed by atoms with E-state index in [0.717, 1.165) is 5.69 Å². The second-order valence-electron chi connectivity index (χ2n) is 4.65. The van der Waals surface area contributed by atoms with Crippen LogP contribution in [-0.4, -0.2) is 4.92 Å². The van der Waals surface area contributed by atoms with Crippen LogP contribution in [0.25, 0.3) is 0 Å². The number of nitro benzene ring substituents is 1. The summed E-state index contributed by atoms with van der Waals surface area (Å²) in [6, 6.07) is 13.2. The van der Waals surface area contributed by atoms with Crippen LogP contribution in [0.2, 0.25) is 0 Å². The minimum Gasteiger partial charge on any atom is -0.378 e. The topological polar surface area (TPSA) is 55.2 Å². The molecular weight excluding hydrogens is 320 g/mol. The van der Waals surface area contributed by atoms with Crippen molar-refractivity contribution in [1.29, 1.82) is 0 Å². The molecule has 0 aliphatic rings. The zero-order valence-electron chi connectivity index (χ0n) is 11.3. The van der Waals surface area contributed by atoms with E-state index in [9.17, 15) is 10.1 Å². The molecule has 0 saturated heterocycles. The Labute approximate surface area is 126 Å². The third kappa shape index (κ3) is 3.17. The van der Waals surface area contributed by atoms with Gasteiger partial charge < -0.3 is 5.32 Å². The van der Waals surface area contributed by atoms with Crippen molar-refractivity contribution in [2.24, 2.45) is 0 Å². The predicted octanol–water partition coefficient (Wildman–Crippen LogP) is 4.84. The highest BCUT2D eigenvalue weighted by Crippen LogP contribution is 2.30. The largest absolute Gasteiger partial charge is 0.378 e. The summed E-state index contributed by atoms with van der Waals surface area (Å²) in [4.78, 5) is 10.5. The van der Waals surface area contributed by atoms with Gasteiger partial charge in [-0.3, -0.25) is 10.1 Å². The second-order valence-corrected chi connectivity index (χ2v) is 5.50. The fourth-order valence-corrected chi connectivity index (χ4v) is 2.53. The van der Waals surface area contributed by atoms with Gasteiger partial charge in [0.05, 0.1) is 9.40 Å². The molecule has 1 unspecified atom stereocenters. The first-order chi connectivity index (χ1) is 9.49. The molecule has 1 atom stereocenters. The summed E-state index contributed by atoms with van der Waals surface area (Å²) in [6.45, 7) is 4.09. The normalized spacial score (nSPS) is 11.9. The van der Waals surface area contributed by atoms with Crippen LogP contribution in [0.4, 0.5) is 11.4 Å². The van der Waals surface area contributed by atoms with Crippen molar-refractivity contribution >= 4 is 27.3 Å². The lowest BCUT2D eigenvalue weighted by molar-refractivity contribution is -0.385. The van der Waals surface area contributed by atoms with Gasteiger partial charge >= 0.3 is 0 Å². The maximum absolute atomic E-state index is 10.9. The molecule has 0 aliphatic heterocycles. The lowest BCUT2D eigenvalue weighted by Crippen LogP contribution is -2.08. The minimum atomic E-state index is -0.395.